The summed E-state index contributed by atoms with van der Waals surface area (Å²) in [5, 5.41) is 8.82. The van der Waals surface area contributed by atoms with Gasteiger partial charge in [-0.15, -0.1) is 0 Å². The number of carbonyl (C=O) groups excluding carboxylic acids is 2. The summed E-state index contributed by atoms with van der Waals surface area (Å²) in [6.45, 7) is 4.64. The average Bonchev–Trinajstić information content (AvgIpc) is 2.60. The van der Waals surface area contributed by atoms with Gasteiger partial charge in [0.1, 0.15) is 0 Å². The molecule has 0 radical (unpaired) electrons. The molecule has 132 valence electrons. The highest BCUT2D eigenvalue weighted by Crippen LogP contribution is 2.14. The maximum atomic E-state index is 12.6. The van der Waals surface area contributed by atoms with Gasteiger partial charge in [-0.3, -0.25) is 9.59 Å². The number of nitrogens with one attached hydrogen (secondary N) is 3. The zero-order valence-corrected chi connectivity index (χ0v) is 14.9. The minimum atomic E-state index is -0.147. The third kappa shape index (κ3) is 5.43. The van der Waals surface area contributed by atoms with Crippen LogP contribution in [-0.4, -0.2) is 31.4 Å². The molecule has 2 aromatic rings. The van der Waals surface area contributed by atoms with Crippen LogP contribution in [0.2, 0.25) is 0 Å². The van der Waals surface area contributed by atoms with Gasteiger partial charge in [0.2, 0.25) is 0 Å². The van der Waals surface area contributed by atoms with Gasteiger partial charge in [0.15, 0.2) is 0 Å². The van der Waals surface area contributed by atoms with Crippen molar-refractivity contribution in [3.63, 3.8) is 0 Å². The highest BCUT2D eigenvalue weighted by atomic mass is 16.2. The molecule has 0 aliphatic carbocycles. The van der Waals surface area contributed by atoms with Crippen molar-refractivity contribution in [2.75, 3.05) is 18.9 Å². The molecule has 0 spiro atoms. The Bertz CT molecular complexity index is 724. The van der Waals surface area contributed by atoms with Gasteiger partial charge in [-0.1, -0.05) is 18.2 Å². The van der Waals surface area contributed by atoms with Crippen molar-refractivity contribution in [1.82, 2.24) is 10.6 Å². The van der Waals surface area contributed by atoms with Crippen LogP contribution >= 0.6 is 0 Å². The van der Waals surface area contributed by atoms with Gasteiger partial charge < -0.3 is 16.0 Å². The summed E-state index contributed by atoms with van der Waals surface area (Å²) in [6.07, 6.45) is 0.786. The molecule has 2 rings (SSSR count). The lowest BCUT2D eigenvalue weighted by Crippen LogP contribution is -2.30. The summed E-state index contributed by atoms with van der Waals surface area (Å²) in [7, 11) is 1.89. The molecule has 3 N–H and O–H groups in total. The minimum absolute atomic E-state index is 0.0843. The monoisotopic (exact) mass is 339 g/mol. The van der Waals surface area contributed by atoms with E-state index in [2.05, 4.69) is 16.0 Å². The van der Waals surface area contributed by atoms with E-state index in [0.717, 1.165) is 18.5 Å². The van der Waals surface area contributed by atoms with E-state index >= 15 is 0 Å². The second-order valence-electron chi connectivity index (χ2n) is 6.17. The molecule has 0 unspecified atom stereocenters. The molecule has 0 aliphatic rings. The number of amides is 2. The van der Waals surface area contributed by atoms with Gasteiger partial charge in [0.25, 0.3) is 11.8 Å². The Balaban J connectivity index is 2.07. The molecule has 0 heterocycles. The molecule has 0 bridgehead atoms. The normalized spacial score (nSPS) is 10.6. The Morgan fingerprint density at radius 3 is 2.28 bits per heavy atom. The van der Waals surface area contributed by atoms with Crippen molar-refractivity contribution in [2.24, 2.45) is 0 Å². The molecule has 0 aromatic heterocycles. The average molecular weight is 339 g/mol. The fourth-order valence-electron chi connectivity index (χ4n) is 2.47. The van der Waals surface area contributed by atoms with Crippen molar-refractivity contribution in [2.45, 2.75) is 26.3 Å². The number of hydrogen-bond donors (Lipinski definition) is 3. The number of rotatable bonds is 7. The highest BCUT2D eigenvalue weighted by molar-refractivity contribution is 6.05. The number of likely N-dealkylation sites (N-methyl/N-ethyl adjacent to an activating group) is 1. The molecule has 0 fully saturated rings. The van der Waals surface area contributed by atoms with E-state index in [-0.39, 0.29) is 17.9 Å². The second kappa shape index (κ2) is 8.99. The Hall–Kier alpha value is -2.66. The summed E-state index contributed by atoms with van der Waals surface area (Å²) < 4.78 is 0. The summed E-state index contributed by atoms with van der Waals surface area (Å²) >= 11 is 0. The molecule has 25 heavy (non-hydrogen) atoms. The predicted octanol–water partition coefficient (Wildman–Crippen LogP) is 2.84. The van der Waals surface area contributed by atoms with Gasteiger partial charge in [-0.2, -0.15) is 0 Å². The van der Waals surface area contributed by atoms with Crippen LogP contribution in [-0.2, 0) is 6.42 Å². The fraction of sp³-hybridized carbons (Fsp3) is 0.300. The third-order valence-corrected chi connectivity index (χ3v) is 3.73. The Kier molecular flexibility index (Phi) is 6.71. The third-order valence-electron chi connectivity index (χ3n) is 3.73. The molecular weight excluding hydrogens is 314 g/mol. The lowest BCUT2D eigenvalue weighted by Gasteiger charge is -2.11. The van der Waals surface area contributed by atoms with Crippen LogP contribution in [0.1, 0.15) is 40.1 Å². The van der Waals surface area contributed by atoms with Crippen molar-refractivity contribution < 1.29 is 9.59 Å². The lowest BCUT2D eigenvalue weighted by atomic mass is 10.0. The summed E-state index contributed by atoms with van der Waals surface area (Å²) in [5.41, 5.74) is 2.90. The summed E-state index contributed by atoms with van der Waals surface area (Å²) in [5.74, 6) is -0.267. The summed E-state index contributed by atoms with van der Waals surface area (Å²) in [4.78, 5) is 24.5. The molecule has 0 saturated heterocycles. The first-order valence-electron chi connectivity index (χ1n) is 8.46. The standard InChI is InChI=1S/C20H25N3O2/c1-14(2)22-19(24)16-8-10-17(11-9-16)23-20(25)18-7-5-4-6-15(18)12-13-21-3/h4-11,14,21H,12-13H2,1-3H3,(H,22,24)(H,23,25). The highest BCUT2D eigenvalue weighted by Gasteiger charge is 2.12. The zero-order chi connectivity index (χ0) is 18.2. The lowest BCUT2D eigenvalue weighted by molar-refractivity contribution is 0.0942. The van der Waals surface area contributed by atoms with E-state index in [4.69, 9.17) is 0 Å². The molecule has 2 aromatic carbocycles. The topological polar surface area (TPSA) is 70.2 Å². The van der Waals surface area contributed by atoms with Crippen LogP contribution in [0.4, 0.5) is 5.69 Å². The number of carbonyl (C=O) groups is 2. The zero-order valence-electron chi connectivity index (χ0n) is 14.9. The molecule has 5 nitrogen and oxygen atoms in total. The maximum Gasteiger partial charge on any atom is 0.255 e. The first kappa shape index (κ1) is 18.7. The number of anilines is 1. The minimum Gasteiger partial charge on any atom is -0.350 e. The predicted molar refractivity (Wildman–Crippen MR) is 101 cm³/mol. The fourth-order valence-corrected chi connectivity index (χ4v) is 2.47. The molecule has 2 amide bonds. The van der Waals surface area contributed by atoms with Crippen LogP contribution in [0.3, 0.4) is 0 Å². The smallest absolute Gasteiger partial charge is 0.255 e. The first-order valence-corrected chi connectivity index (χ1v) is 8.46. The number of benzene rings is 2. The molecular formula is C20H25N3O2. The van der Waals surface area contributed by atoms with Gasteiger partial charge in [0, 0.05) is 22.9 Å². The second-order valence-corrected chi connectivity index (χ2v) is 6.17. The van der Waals surface area contributed by atoms with E-state index in [1.807, 2.05) is 45.2 Å². The van der Waals surface area contributed by atoms with Crippen LogP contribution in [0.25, 0.3) is 0 Å². The van der Waals surface area contributed by atoms with Crippen LogP contribution < -0.4 is 16.0 Å². The van der Waals surface area contributed by atoms with Crippen LogP contribution in [0, 0.1) is 0 Å². The molecule has 0 aliphatic heterocycles. The first-order chi connectivity index (χ1) is 12.0. The van der Waals surface area contributed by atoms with E-state index in [1.165, 1.54) is 0 Å². The van der Waals surface area contributed by atoms with Gasteiger partial charge in [-0.05, 0) is 69.8 Å². The van der Waals surface area contributed by atoms with Crippen molar-refractivity contribution in [1.29, 1.82) is 0 Å². The largest absolute Gasteiger partial charge is 0.350 e. The molecule has 5 heteroatoms. The van der Waals surface area contributed by atoms with Crippen LogP contribution in [0.15, 0.2) is 48.5 Å². The van der Waals surface area contributed by atoms with Crippen molar-refractivity contribution in [3.05, 3.63) is 65.2 Å². The van der Waals surface area contributed by atoms with E-state index in [9.17, 15) is 9.59 Å². The van der Waals surface area contributed by atoms with Gasteiger partial charge in [0.05, 0.1) is 0 Å². The van der Waals surface area contributed by atoms with Crippen molar-refractivity contribution in [3.8, 4) is 0 Å². The molecule has 0 saturated carbocycles. The van der Waals surface area contributed by atoms with Gasteiger partial charge in [-0.25, -0.2) is 0 Å². The quantitative estimate of drug-likeness (QED) is 0.726. The Morgan fingerprint density at radius 1 is 0.960 bits per heavy atom. The number of hydrogen-bond acceptors (Lipinski definition) is 3. The van der Waals surface area contributed by atoms with E-state index in [0.29, 0.717) is 16.8 Å². The van der Waals surface area contributed by atoms with E-state index in [1.54, 1.807) is 24.3 Å². The maximum absolute atomic E-state index is 12.6. The SMILES string of the molecule is CNCCc1ccccc1C(=O)Nc1ccc(C(=O)NC(C)C)cc1. The van der Waals surface area contributed by atoms with Crippen molar-refractivity contribution >= 4 is 17.5 Å². The summed E-state index contributed by atoms with van der Waals surface area (Å²) in [6, 6.07) is 14.6. The van der Waals surface area contributed by atoms with E-state index < -0.39 is 0 Å². The Labute approximate surface area is 148 Å². The van der Waals surface area contributed by atoms with Gasteiger partial charge >= 0.3 is 0 Å². The molecule has 0 atom stereocenters. The Morgan fingerprint density at radius 2 is 1.64 bits per heavy atom. The van der Waals surface area contributed by atoms with Crippen LogP contribution in [0.5, 0.6) is 0 Å².